The van der Waals surface area contributed by atoms with Gasteiger partial charge in [0.2, 0.25) is 5.91 Å². The summed E-state index contributed by atoms with van der Waals surface area (Å²) < 4.78 is 62.5. The second kappa shape index (κ2) is 10.9. The summed E-state index contributed by atoms with van der Waals surface area (Å²) in [6.45, 7) is 1.25. The number of amides is 1. The molecule has 0 bridgehead atoms. The number of alkyl halides is 3. The van der Waals surface area contributed by atoms with Gasteiger partial charge in [0, 0.05) is 31.9 Å². The summed E-state index contributed by atoms with van der Waals surface area (Å²) in [6.07, 6.45) is -3.28. The Morgan fingerprint density at radius 3 is 2.60 bits per heavy atom. The topological polar surface area (TPSA) is 86.4 Å². The summed E-state index contributed by atoms with van der Waals surface area (Å²) in [7, 11) is 0. The van der Waals surface area contributed by atoms with Gasteiger partial charge in [0.1, 0.15) is 23.6 Å². The van der Waals surface area contributed by atoms with Crippen LogP contribution in [-0.4, -0.2) is 83.0 Å². The molecule has 2 aromatic rings. The van der Waals surface area contributed by atoms with Crippen LogP contribution in [0, 0.1) is 17.1 Å². The molecule has 1 amide bonds. The summed E-state index contributed by atoms with van der Waals surface area (Å²) in [6, 6.07) is 4.43. The van der Waals surface area contributed by atoms with Crippen LogP contribution in [-0.2, 0) is 15.3 Å². The van der Waals surface area contributed by atoms with Crippen molar-refractivity contribution in [3.05, 3.63) is 53.1 Å². The van der Waals surface area contributed by atoms with Gasteiger partial charge in [0.25, 0.3) is 0 Å². The second-order valence-electron chi connectivity index (χ2n) is 8.22. The van der Waals surface area contributed by atoms with Crippen molar-refractivity contribution >= 4 is 17.9 Å². The van der Waals surface area contributed by atoms with E-state index in [0.717, 1.165) is 10.5 Å². The minimum Gasteiger partial charge on any atom is -0.378 e. The molecule has 13 heteroatoms. The minimum absolute atomic E-state index is 0.0183. The van der Waals surface area contributed by atoms with Gasteiger partial charge in [0.15, 0.2) is 0 Å². The number of ether oxygens (including phenoxy) is 1. The van der Waals surface area contributed by atoms with E-state index >= 15 is 0 Å². The number of hydrogen-bond donors (Lipinski definition) is 1. The van der Waals surface area contributed by atoms with E-state index in [2.05, 4.69) is 10.4 Å². The molecule has 2 aliphatic rings. The average molecular weight is 513 g/mol. The lowest BCUT2D eigenvalue weighted by molar-refractivity contribution is -0.199. The Morgan fingerprint density at radius 1 is 1.23 bits per heavy atom. The molecule has 2 atom stereocenters. The van der Waals surface area contributed by atoms with Crippen molar-refractivity contribution in [3.8, 4) is 6.07 Å². The molecule has 1 aromatic carbocycles. The number of aromatic nitrogens is 2. The normalized spacial score (nSPS) is 21.6. The van der Waals surface area contributed by atoms with Gasteiger partial charge in [-0.25, -0.2) is 8.48 Å². The van der Waals surface area contributed by atoms with Gasteiger partial charge in [-0.15, -0.1) is 0 Å². The van der Waals surface area contributed by atoms with E-state index in [4.69, 9.17) is 4.74 Å². The van der Waals surface area contributed by atoms with Crippen LogP contribution in [0.4, 0.5) is 17.6 Å². The van der Waals surface area contributed by atoms with E-state index in [1.807, 2.05) is 6.07 Å². The number of rotatable bonds is 6. The Hall–Kier alpha value is -2.66. The molecule has 2 fully saturated rings. The number of morpholine rings is 1. The summed E-state index contributed by atoms with van der Waals surface area (Å²) in [4.78, 5) is 15.3. The quantitative estimate of drug-likeness (QED) is 0.595. The van der Waals surface area contributed by atoms with Crippen LogP contribution < -0.4 is 5.32 Å². The Balaban J connectivity index is 1.54. The smallest absolute Gasteiger partial charge is 0.378 e. The van der Waals surface area contributed by atoms with Crippen LogP contribution >= 0.6 is 11.9 Å². The zero-order valence-corrected chi connectivity index (χ0v) is 19.5. The first-order valence-electron chi connectivity index (χ1n) is 11.0. The summed E-state index contributed by atoms with van der Waals surface area (Å²) in [5.41, 5.74) is 0.790. The van der Waals surface area contributed by atoms with Gasteiger partial charge >= 0.3 is 6.18 Å². The van der Waals surface area contributed by atoms with Crippen molar-refractivity contribution in [3.63, 3.8) is 0 Å². The Kier molecular flexibility index (Phi) is 7.95. The first-order chi connectivity index (χ1) is 16.8. The number of piperazine rings is 1. The van der Waals surface area contributed by atoms with Crippen LogP contribution in [0.2, 0.25) is 0 Å². The highest BCUT2D eigenvalue weighted by atomic mass is 32.2. The van der Waals surface area contributed by atoms with E-state index in [1.165, 1.54) is 39.3 Å². The van der Waals surface area contributed by atoms with Crippen LogP contribution in [0.15, 0.2) is 30.5 Å². The zero-order valence-electron chi connectivity index (χ0n) is 18.7. The highest BCUT2D eigenvalue weighted by Crippen LogP contribution is 2.37. The molecule has 188 valence electrons. The fraction of sp³-hybridized carbons (Fsp3) is 0.500. The Labute approximate surface area is 203 Å². The van der Waals surface area contributed by atoms with E-state index in [-0.39, 0.29) is 42.6 Å². The van der Waals surface area contributed by atoms with E-state index in [9.17, 15) is 27.6 Å². The number of carbonyl (C=O) groups excluding carboxylic acids is 1. The van der Waals surface area contributed by atoms with Crippen LogP contribution in [0.1, 0.15) is 22.9 Å². The molecule has 2 aliphatic heterocycles. The maximum Gasteiger partial charge on any atom is 0.405 e. The molecule has 2 unspecified atom stereocenters. The molecule has 0 aliphatic carbocycles. The maximum atomic E-state index is 14.3. The van der Waals surface area contributed by atoms with E-state index in [0.29, 0.717) is 32.1 Å². The van der Waals surface area contributed by atoms with Crippen LogP contribution in [0.5, 0.6) is 0 Å². The lowest BCUT2D eigenvalue weighted by Gasteiger charge is -2.42. The Morgan fingerprint density at radius 2 is 1.94 bits per heavy atom. The van der Waals surface area contributed by atoms with Gasteiger partial charge in [-0.3, -0.25) is 9.69 Å². The monoisotopic (exact) mass is 512 g/mol. The number of nitrogens with one attached hydrogen (secondary N) is 1. The first-order valence-corrected chi connectivity index (χ1v) is 12.0. The molecule has 0 radical (unpaired) electrons. The predicted molar refractivity (Wildman–Crippen MR) is 120 cm³/mol. The van der Waals surface area contributed by atoms with Crippen LogP contribution in [0.3, 0.4) is 0 Å². The van der Waals surface area contributed by atoms with Crippen molar-refractivity contribution in [2.45, 2.75) is 24.0 Å². The number of nitriles is 1. The second-order valence-corrected chi connectivity index (χ2v) is 9.15. The SMILES string of the molecule is N#Cc1cn(SCc2ccc(F)cc2)nc1C1NCCN(CC(=O)N2CCOCC2)C1C(F)(F)F. The van der Waals surface area contributed by atoms with Crippen molar-refractivity contribution in [1.82, 2.24) is 24.3 Å². The highest BCUT2D eigenvalue weighted by Gasteiger charge is 2.52. The number of hydrogen-bond acceptors (Lipinski definition) is 7. The maximum absolute atomic E-state index is 14.3. The highest BCUT2D eigenvalue weighted by molar-refractivity contribution is 7.96. The van der Waals surface area contributed by atoms with Crippen molar-refractivity contribution in [2.24, 2.45) is 0 Å². The number of nitrogens with zero attached hydrogens (tertiary/aromatic N) is 5. The fourth-order valence-electron chi connectivity index (χ4n) is 4.20. The third-order valence-corrected chi connectivity index (χ3v) is 6.84. The molecule has 4 rings (SSSR count). The minimum atomic E-state index is -4.67. The molecule has 1 aromatic heterocycles. The lowest BCUT2D eigenvalue weighted by Crippen LogP contribution is -2.61. The van der Waals surface area contributed by atoms with Gasteiger partial charge in [-0.05, 0) is 29.6 Å². The fourth-order valence-corrected chi connectivity index (χ4v) is 5.00. The molecular formula is C22H24F4N6O2S. The summed E-state index contributed by atoms with van der Waals surface area (Å²) >= 11 is 1.17. The van der Waals surface area contributed by atoms with Crippen molar-refractivity contribution < 1.29 is 27.1 Å². The molecule has 8 nitrogen and oxygen atoms in total. The standard InChI is InChI=1S/C22H24F4N6O2S/c23-17-3-1-15(2-4-17)14-35-32-12-16(11-27)19(29-32)20-21(22(24,25)26)31(6-5-28-20)13-18(33)30-7-9-34-10-8-30/h1-4,12,20-21,28H,5-10,13-14H2. The van der Waals surface area contributed by atoms with Gasteiger partial charge in [0.05, 0.1) is 37.6 Å². The molecule has 0 spiro atoms. The summed E-state index contributed by atoms with van der Waals surface area (Å²) in [5.74, 6) is -0.373. The molecule has 1 N–H and O–H groups in total. The number of halogens is 4. The summed E-state index contributed by atoms with van der Waals surface area (Å²) in [5, 5.41) is 16.7. The largest absolute Gasteiger partial charge is 0.405 e. The number of benzene rings is 1. The molecule has 3 heterocycles. The third-order valence-electron chi connectivity index (χ3n) is 5.92. The van der Waals surface area contributed by atoms with Crippen molar-refractivity contribution in [1.29, 1.82) is 5.26 Å². The lowest BCUT2D eigenvalue weighted by atomic mass is 9.97. The molecule has 2 saturated heterocycles. The predicted octanol–water partition coefficient (Wildman–Crippen LogP) is 2.33. The van der Waals surface area contributed by atoms with E-state index in [1.54, 1.807) is 12.1 Å². The molecule has 35 heavy (non-hydrogen) atoms. The average Bonchev–Trinajstić information content (AvgIpc) is 3.27. The van der Waals surface area contributed by atoms with Gasteiger partial charge in [-0.2, -0.15) is 23.5 Å². The van der Waals surface area contributed by atoms with Crippen LogP contribution in [0.25, 0.3) is 0 Å². The van der Waals surface area contributed by atoms with Gasteiger partial charge < -0.3 is 15.0 Å². The molecule has 0 saturated carbocycles. The van der Waals surface area contributed by atoms with Gasteiger partial charge in [-0.1, -0.05) is 12.1 Å². The molecular weight excluding hydrogens is 488 g/mol. The first kappa shape index (κ1) is 25.4. The van der Waals surface area contributed by atoms with E-state index < -0.39 is 18.3 Å². The Bertz CT molecular complexity index is 1070. The number of carbonyl (C=O) groups is 1. The zero-order chi connectivity index (χ0) is 25.0. The third kappa shape index (κ3) is 6.13. The van der Waals surface area contributed by atoms with Crippen molar-refractivity contribution in [2.75, 3.05) is 45.9 Å².